The minimum Gasteiger partial charge on any atom is -0.508 e. The Hall–Kier alpha value is -5.50. The summed E-state index contributed by atoms with van der Waals surface area (Å²) in [5.74, 6) is -2.88. The lowest BCUT2D eigenvalue weighted by Crippen LogP contribution is -2.58. The van der Waals surface area contributed by atoms with Gasteiger partial charge in [-0.3, -0.25) is 29.4 Å². The van der Waals surface area contributed by atoms with Crippen molar-refractivity contribution in [2.75, 3.05) is 27.2 Å². The van der Waals surface area contributed by atoms with Crippen LogP contribution in [0.2, 0.25) is 0 Å². The van der Waals surface area contributed by atoms with Gasteiger partial charge in [0.05, 0.1) is 12.4 Å². The molecule has 0 bridgehead atoms. The van der Waals surface area contributed by atoms with E-state index < -0.39 is 60.2 Å². The Morgan fingerprint density at radius 2 is 1.48 bits per heavy atom. The minimum atomic E-state index is -1.11. The third kappa shape index (κ3) is 11.5. The van der Waals surface area contributed by atoms with Crippen LogP contribution in [0, 0.1) is 5.41 Å². The highest BCUT2D eigenvalue weighted by atomic mass is 16.3. The van der Waals surface area contributed by atoms with Gasteiger partial charge in [-0.1, -0.05) is 61.0 Å². The van der Waals surface area contributed by atoms with Crippen molar-refractivity contribution < 1.29 is 29.1 Å². The Kier molecular flexibility index (Phi) is 14.5. The summed E-state index contributed by atoms with van der Waals surface area (Å²) in [6.45, 7) is 0.0991. The molecule has 5 amide bonds. The molecule has 1 saturated heterocycles. The normalized spacial score (nSPS) is 20.7. The van der Waals surface area contributed by atoms with Gasteiger partial charge in [0.2, 0.25) is 29.5 Å². The van der Waals surface area contributed by atoms with Crippen LogP contribution in [0.4, 0.5) is 0 Å². The first-order chi connectivity index (χ1) is 24.9. The van der Waals surface area contributed by atoms with Crippen molar-refractivity contribution in [1.82, 2.24) is 31.5 Å². The van der Waals surface area contributed by atoms with Crippen molar-refractivity contribution in [3.8, 4) is 5.75 Å². The summed E-state index contributed by atoms with van der Waals surface area (Å²) in [6, 6.07) is 15.4. The van der Waals surface area contributed by atoms with Gasteiger partial charge in [0, 0.05) is 26.3 Å². The molecule has 4 rings (SSSR count). The highest BCUT2D eigenvalue weighted by Crippen LogP contribution is 2.18. The molecule has 3 aromatic carbocycles. The second kappa shape index (κ2) is 19.2. The van der Waals surface area contributed by atoms with Crippen LogP contribution in [0.25, 0.3) is 10.8 Å². The predicted molar refractivity (Wildman–Crippen MR) is 198 cm³/mol. The highest BCUT2D eigenvalue weighted by Gasteiger charge is 2.35. The Morgan fingerprint density at radius 3 is 2.19 bits per heavy atom. The van der Waals surface area contributed by atoms with Crippen LogP contribution in [0.15, 0.2) is 66.7 Å². The maximum atomic E-state index is 14.1. The standard InChI is InChI=1S/C38H50N8O6/c1-41-19-7-11-32-37(51)44-29(10-5-6-12-33(39)40)36(50)45-30(22-25-13-16-26-8-3-4-9-27(26)20-25)35(49)42-23-34(48)43-31(38(52)46(32)2)21-24-14-17-28(47)18-15-24/h3-4,8-9,13-18,20,29-32,41,47H,5-7,10-12,19,21-23H2,1-2H3,(H3,39,40)(H,42,49)(H,43,48)(H,44,51)(H,45,50)/t29-,30-,31+,32+/m0/s1. The van der Waals surface area contributed by atoms with Crippen LogP contribution >= 0.6 is 0 Å². The molecular formula is C38H50N8O6. The van der Waals surface area contributed by atoms with Gasteiger partial charge in [0.1, 0.15) is 29.9 Å². The first kappa shape index (κ1) is 39.3. The summed E-state index contributed by atoms with van der Waals surface area (Å²) in [5, 5.41) is 33.4. The summed E-state index contributed by atoms with van der Waals surface area (Å²) in [7, 11) is 3.27. The van der Waals surface area contributed by atoms with Crippen molar-refractivity contribution in [1.29, 1.82) is 5.41 Å². The van der Waals surface area contributed by atoms with Crippen LogP contribution in [-0.2, 0) is 36.8 Å². The smallest absolute Gasteiger partial charge is 0.245 e. The number of carbonyl (C=O) groups is 5. The lowest BCUT2D eigenvalue weighted by molar-refractivity contribution is -0.142. The van der Waals surface area contributed by atoms with Gasteiger partial charge in [0.15, 0.2) is 0 Å². The van der Waals surface area contributed by atoms with Crippen LogP contribution in [0.3, 0.4) is 0 Å². The predicted octanol–water partition coefficient (Wildman–Crippen LogP) is 1.24. The minimum absolute atomic E-state index is 0.0115. The second-order valence-corrected chi connectivity index (χ2v) is 13.2. The van der Waals surface area contributed by atoms with Crippen LogP contribution in [0.1, 0.15) is 49.7 Å². The topological polar surface area (TPSA) is 219 Å². The molecular weight excluding hydrogens is 664 g/mol. The van der Waals surface area contributed by atoms with Gasteiger partial charge in [-0.2, -0.15) is 0 Å². The van der Waals surface area contributed by atoms with E-state index >= 15 is 0 Å². The number of nitrogens with zero attached hydrogens (tertiary/aromatic N) is 1. The van der Waals surface area contributed by atoms with Crippen molar-refractivity contribution in [3.63, 3.8) is 0 Å². The van der Waals surface area contributed by atoms with E-state index in [1.165, 1.54) is 24.1 Å². The number of likely N-dealkylation sites (N-methyl/N-ethyl adjacent to an activating group) is 1. The van der Waals surface area contributed by atoms with E-state index in [0.29, 0.717) is 37.8 Å². The zero-order valence-electron chi connectivity index (χ0n) is 29.7. The molecule has 1 fully saturated rings. The number of nitrogens with one attached hydrogen (secondary N) is 6. The van der Waals surface area contributed by atoms with E-state index in [4.69, 9.17) is 11.1 Å². The van der Waals surface area contributed by atoms with Gasteiger partial charge in [-0.05, 0) is 73.3 Å². The Labute approximate surface area is 303 Å². The van der Waals surface area contributed by atoms with E-state index in [1.807, 2.05) is 42.5 Å². The van der Waals surface area contributed by atoms with Gasteiger partial charge in [-0.15, -0.1) is 0 Å². The molecule has 3 aromatic rings. The van der Waals surface area contributed by atoms with Gasteiger partial charge in [0.25, 0.3) is 0 Å². The molecule has 14 nitrogen and oxygen atoms in total. The fourth-order valence-electron chi connectivity index (χ4n) is 6.26. The third-order valence-electron chi connectivity index (χ3n) is 9.16. The highest BCUT2D eigenvalue weighted by molar-refractivity contribution is 5.97. The lowest BCUT2D eigenvalue weighted by Gasteiger charge is -2.32. The van der Waals surface area contributed by atoms with E-state index in [2.05, 4.69) is 26.6 Å². The number of amidine groups is 1. The quantitative estimate of drug-likeness (QED) is 0.0730. The largest absolute Gasteiger partial charge is 0.508 e. The Balaban J connectivity index is 1.69. The molecule has 52 heavy (non-hydrogen) atoms. The van der Waals surface area contributed by atoms with Crippen molar-refractivity contribution in [2.24, 2.45) is 5.73 Å². The fraction of sp³-hybridized carbons (Fsp3) is 0.421. The molecule has 0 aromatic heterocycles. The number of amides is 5. The van der Waals surface area contributed by atoms with Crippen molar-refractivity contribution in [2.45, 2.75) is 75.5 Å². The lowest BCUT2D eigenvalue weighted by atomic mass is 10.00. The van der Waals surface area contributed by atoms with Gasteiger partial charge in [-0.25, -0.2) is 0 Å². The number of carbonyl (C=O) groups excluding carboxylic acids is 5. The molecule has 1 heterocycles. The summed E-state index contributed by atoms with van der Waals surface area (Å²) < 4.78 is 0. The van der Waals surface area contributed by atoms with Crippen LogP contribution < -0.4 is 32.3 Å². The monoisotopic (exact) mass is 714 g/mol. The van der Waals surface area contributed by atoms with Gasteiger partial charge < -0.3 is 42.3 Å². The second-order valence-electron chi connectivity index (χ2n) is 13.2. The van der Waals surface area contributed by atoms with E-state index in [9.17, 15) is 29.1 Å². The van der Waals surface area contributed by atoms with E-state index in [1.54, 1.807) is 19.2 Å². The zero-order chi connectivity index (χ0) is 37.6. The first-order valence-corrected chi connectivity index (χ1v) is 17.6. The molecule has 1 aliphatic heterocycles. The SMILES string of the molecule is CNCCC[C@@H]1C(=O)N[C@@H](CCCCC(=N)N)C(=O)N[C@@H](Cc2ccc3ccccc3c2)C(=O)NCC(=O)N[C@H](Cc2ccc(O)cc2)C(=O)N1C. The maximum absolute atomic E-state index is 14.1. The number of aromatic hydroxyl groups is 1. The summed E-state index contributed by atoms with van der Waals surface area (Å²) >= 11 is 0. The number of phenols is 1. The van der Waals surface area contributed by atoms with Gasteiger partial charge >= 0.3 is 0 Å². The molecule has 9 N–H and O–H groups in total. The molecule has 1 aliphatic rings. The number of fused-ring (bicyclic) bond motifs is 1. The third-order valence-corrected chi connectivity index (χ3v) is 9.16. The number of phenolic OH excluding ortho intramolecular Hbond substituents is 1. The molecule has 0 unspecified atom stereocenters. The Bertz CT molecular complexity index is 1730. The number of nitrogens with two attached hydrogens (primary N) is 1. The van der Waals surface area contributed by atoms with Crippen molar-refractivity contribution in [3.05, 3.63) is 77.9 Å². The zero-order valence-corrected chi connectivity index (χ0v) is 29.7. The number of rotatable bonds is 13. The number of hydrogen-bond donors (Lipinski definition) is 8. The van der Waals surface area contributed by atoms with Crippen molar-refractivity contribution >= 4 is 46.1 Å². The first-order valence-electron chi connectivity index (χ1n) is 17.6. The van der Waals surface area contributed by atoms with Crippen LogP contribution in [-0.4, -0.2) is 96.7 Å². The molecule has 0 spiro atoms. The molecule has 4 atom stereocenters. The van der Waals surface area contributed by atoms with Crippen LogP contribution in [0.5, 0.6) is 5.75 Å². The maximum Gasteiger partial charge on any atom is 0.245 e. The number of benzene rings is 3. The summed E-state index contributed by atoms with van der Waals surface area (Å²) in [6.07, 6.45) is 2.42. The van der Waals surface area contributed by atoms with E-state index in [-0.39, 0.29) is 37.3 Å². The summed E-state index contributed by atoms with van der Waals surface area (Å²) in [4.78, 5) is 70.5. The molecule has 278 valence electrons. The fourth-order valence-corrected chi connectivity index (χ4v) is 6.26. The molecule has 14 heteroatoms. The molecule has 0 saturated carbocycles. The Morgan fingerprint density at radius 1 is 0.808 bits per heavy atom. The summed E-state index contributed by atoms with van der Waals surface area (Å²) in [5.41, 5.74) is 6.97. The number of hydrogen-bond acceptors (Lipinski definition) is 8. The average molecular weight is 715 g/mol. The van der Waals surface area contributed by atoms with E-state index in [0.717, 1.165) is 16.3 Å². The number of unbranched alkanes of at least 4 members (excludes halogenated alkanes) is 1. The average Bonchev–Trinajstić information content (AvgIpc) is 3.12. The molecule has 0 aliphatic carbocycles. The molecule has 0 radical (unpaired) electrons.